The second kappa shape index (κ2) is 6.14. The monoisotopic (exact) mass is 300 g/mol. The van der Waals surface area contributed by atoms with Gasteiger partial charge in [0, 0.05) is 11.8 Å². The average molecular weight is 301 g/mol. The van der Waals surface area contributed by atoms with Gasteiger partial charge in [0.15, 0.2) is 5.82 Å². The van der Waals surface area contributed by atoms with Crippen molar-refractivity contribution in [3.8, 4) is 0 Å². The van der Waals surface area contributed by atoms with Gasteiger partial charge in [-0.15, -0.1) is 11.6 Å². The normalized spacial score (nSPS) is 14.8. The second-order valence-electron chi connectivity index (χ2n) is 4.58. The van der Waals surface area contributed by atoms with Crippen LogP contribution in [0.15, 0.2) is 18.2 Å². The van der Waals surface area contributed by atoms with E-state index in [4.69, 9.17) is 11.6 Å². The van der Waals surface area contributed by atoms with E-state index < -0.39 is 0 Å². The van der Waals surface area contributed by atoms with E-state index in [1.54, 1.807) is 17.8 Å². The van der Waals surface area contributed by atoms with E-state index in [-0.39, 0.29) is 17.2 Å². The van der Waals surface area contributed by atoms with Gasteiger partial charge >= 0.3 is 0 Å². The highest BCUT2D eigenvalue weighted by atomic mass is 35.5. The Kier molecular flexibility index (Phi) is 4.74. The number of fused-ring (bicyclic) bond motifs is 1. The molecule has 1 aromatic carbocycles. The van der Waals surface area contributed by atoms with Crippen LogP contribution >= 0.6 is 23.4 Å². The molecule has 0 aliphatic carbocycles. The fourth-order valence-electron chi connectivity index (χ4n) is 2.33. The molecule has 19 heavy (non-hydrogen) atoms. The van der Waals surface area contributed by atoms with Crippen LogP contribution in [0.5, 0.6) is 0 Å². The van der Waals surface area contributed by atoms with Gasteiger partial charge in [-0.25, -0.2) is 9.37 Å². The Hall–Kier alpha value is -0.740. The molecule has 5 heteroatoms. The first-order chi connectivity index (χ1) is 9.10. The lowest BCUT2D eigenvalue weighted by molar-refractivity contribution is 0.530. The van der Waals surface area contributed by atoms with Crippen LogP contribution in [0, 0.1) is 5.82 Å². The molecule has 2 aromatic rings. The number of hydrogen-bond acceptors (Lipinski definition) is 2. The Bertz CT molecular complexity index is 568. The SMILES string of the molecule is CCC(CSC)n1c(C(C)Cl)nc2c(F)cccc21. The zero-order valence-electron chi connectivity index (χ0n) is 11.4. The molecule has 2 nitrogen and oxygen atoms in total. The molecule has 2 atom stereocenters. The first-order valence-corrected chi connectivity index (χ1v) is 8.22. The van der Waals surface area contributed by atoms with Gasteiger partial charge in [0.2, 0.25) is 0 Å². The van der Waals surface area contributed by atoms with Crippen LogP contribution in [0.25, 0.3) is 11.0 Å². The Morgan fingerprint density at radius 2 is 2.21 bits per heavy atom. The Labute approximate surface area is 122 Å². The third-order valence-corrected chi connectivity index (χ3v) is 4.16. The molecule has 0 amide bonds. The summed E-state index contributed by atoms with van der Waals surface area (Å²) in [6, 6.07) is 5.37. The van der Waals surface area contributed by atoms with E-state index in [1.165, 1.54) is 6.07 Å². The largest absolute Gasteiger partial charge is 0.323 e. The van der Waals surface area contributed by atoms with Gasteiger partial charge in [-0.3, -0.25) is 0 Å². The third kappa shape index (κ3) is 2.75. The molecular weight excluding hydrogens is 283 g/mol. The van der Waals surface area contributed by atoms with E-state index in [9.17, 15) is 4.39 Å². The first-order valence-electron chi connectivity index (χ1n) is 6.39. The summed E-state index contributed by atoms with van der Waals surface area (Å²) in [6.45, 7) is 4.01. The van der Waals surface area contributed by atoms with Gasteiger partial charge in [0.05, 0.1) is 10.9 Å². The molecule has 0 spiro atoms. The summed E-state index contributed by atoms with van der Waals surface area (Å²) in [4.78, 5) is 4.41. The second-order valence-corrected chi connectivity index (χ2v) is 6.15. The van der Waals surface area contributed by atoms with Crippen LogP contribution in [-0.4, -0.2) is 21.6 Å². The van der Waals surface area contributed by atoms with Gasteiger partial charge in [0.25, 0.3) is 0 Å². The summed E-state index contributed by atoms with van der Waals surface area (Å²) in [5.74, 6) is 1.44. The number of rotatable bonds is 5. The number of para-hydroxylation sites is 1. The van der Waals surface area contributed by atoms with Crippen molar-refractivity contribution in [2.45, 2.75) is 31.7 Å². The van der Waals surface area contributed by atoms with Crippen LogP contribution in [0.2, 0.25) is 0 Å². The van der Waals surface area contributed by atoms with Gasteiger partial charge in [-0.2, -0.15) is 11.8 Å². The molecule has 2 unspecified atom stereocenters. The summed E-state index contributed by atoms with van der Waals surface area (Å²) in [5, 5.41) is -0.234. The van der Waals surface area contributed by atoms with E-state index in [2.05, 4.69) is 22.7 Å². The summed E-state index contributed by atoms with van der Waals surface area (Å²) < 4.78 is 16.0. The van der Waals surface area contributed by atoms with Crippen LogP contribution in [0.3, 0.4) is 0 Å². The molecule has 0 bridgehead atoms. The quantitative estimate of drug-likeness (QED) is 0.739. The van der Waals surface area contributed by atoms with E-state index in [1.807, 2.05) is 13.0 Å². The fraction of sp³-hybridized carbons (Fsp3) is 0.500. The first kappa shape index (κ1) is 14.7. The summed E-state index contributed by atoms with van der Waals surface area (Å²) in [6.07, 6.45) is 3.05. The molecule has 0 saturated heterocycles. The van der Waals surface area contributed by atoms with Crippen molar-refractivity contribution in [2.24, 2.45) is 0 Å². The number of benzene rings is 1. The van der Waals surface area contributed by atoms with Crippen molar-refractivity contribution in [3.05, 3.63) is 29.8 Å². The topological polar surface area (TPSA) is 17.8 Å². The predicted octanol–water partition coefficient (Wildman–Crippen LogP) is 4.79. The summed E-state index contributed by atoms with van der Waals surface area (Å²) in [7, 11) is 0. The molecule has 2 rings (SSSR count). The summed E-state index contributed by atoms with van der Waals surface area (Å²) >= 11 is 8.00. The standard InChI is InChI=1S/C14H18ClFN2S/c1-4-10(8-19-3)18-12-7-5-6-11(16)13(12)17-14(18)9(2)15/h5-7,9-10H,4,8H2,1-3H3. The Morgan fingerprint density at radius 3 is 2.79 bits per heavy atom. The van der Waals surface area contributed by atoms with Crippen molar-refractivity contribution < 1.29 is 4.39 Å². The molecule has 0 saturated carbocycles. The highest BCUT2D eigenvalue weighted by molar-refractivity contribution is 7.98. The molecule has 104 valence electrons. The predicted molar refractivity (Wildman–Crippen MR) is 81.7 cm³/mol. The van der Waals surface area contributed by atoms with E-state index in [0.717, 1.165) is 23.5 Å². The Morgan fingerprint density at radius 1 is 1.47 bits per heavy atom. The minimum atomic E-state index is -0.283. The van der Waals surface area contributed by atoms with Crippen LogP contribution < -0.4 is 0 Å². The van der Waals surface area contributed by atoms with Crippen LogP contribution in [0.4, 0.5) is 4.39 Å². The van der Waals surface area contributed by atoms with Crippen molar-refractivity contribution >= 4 is 34.4 Å². The number of alkyl halides is 1. The number of halogens is 2. The van der Waals surface area contributed by atoms with Crippen molar-refractivity contribution in [3.63, 3.8) is 0 Å². The lowest BCUT2D eigenvalue weighted by Crippen LogP contribution is -2.14. The average Bonchev–Trinajstić information content (AvgIpc) is 2.77. The maximum absolute atomic E-state index is 13.9. The molecule has 0 radical (unpaired) electrons. The number of imidazole rings is 1. The van der Waals surface area contributed by atoms with Crippen molar-refractivity contribution in [1.29, 1.82) is 0 Å². The van der Waals surface area contributed by atoms with Gasteiger partial charge in [-0.05, 0) is 31.7 Å². The minimum Gasteiger partial charge on any atom is -0.323 e. The number of aromatic nitrogens is 2. The van der Waals surface area contributed by atoms with Gasteiger partial charge < -0.3 is 4.57 Å². The van der Waals surface area contributed by atoms with Crippen molar-refractivity contribution in [2.75, 3.05) is 12.0 Å². The van der Waals surface area contributed by atoms with Gasteiger partial charge in [0.1, 0.15) is 11.3 Å². The highest BCUT2D eigenvalue weighted by Crippen LogP contribution is 2.31. The molecule has 0 N–H and O–H groups in total. The lowest BCUT2D eigenvalue weighted by Gasteiger charge is -2.20. The highest BCUT2D eigenvalue weighted by Gasteiger charge is 2.21. The number of hydrogen-bond donors (Lipinski definition) is 0. The van der Waals surface area contributed by atoms with E-state index in [0.29, 0.717) is 5.52 Å². The lowest BCUT2D eigenvalue weighted by atomic mass is 10.2. The zero-order chi connectivity index (χ0) is 14.0. The zero-order valence-corrected chi connectivity index (χ0v) is 12.9. The number of nitrogens with zero attached hydrogens (tertiary/aromatic N) is 2. The Balaban J connectivity index is 2.67. The van der Waals surface area contributed by atoms with Crippen molar-refractivity contribution in [1.82, 2.24) is 9.55 Å². The maximum Gasteiger partial charge on any atom is 0.151 e. The molecule has 0 aliphatic heterocycles. The van der Waals surface area contributed by atoms with E-state index >= 15 is 0 Å². The molecular formula is C14H18ClFN2S. The molecule has 1 aromatic heterocycles. The third-order valence-electron chi connectivity index (χ3n) is 3.25. The fourth-order valence-corrected chi connectivity index (χ4v) is 3.26. The molecule has 0 aliphatic rings. The minimum absolute atomic E-state index is 0.234. The maximum atomic E-state index is 13.9. The van der Waals surface area contributed by atoms with Crippen LogP contribution in [-0.2, 0) is 0 Å². The molecule has 1 heterocycles. The summed E-state index contributed by atoms with van der Waals surface area (Å²) in [5.41, 5.74) is 1.26. The smallest absolute Gasteiger partial charge is 0.151 e. The molecule has 0 fully saturated rings. The van der Waals surface area contributed by atoms with Gasteiger partial charge in [-0.1, -0.05) is 13.0 Å². The number of thioether (sulfide) groups is 1. The van der Waals surface area contributed by atoms with Crippen LogP contribution in [0.1, 0.15) is 37.5 Å².